The lowest BCUT2D eigenvalue weighted by Gasteiger charge is -2.31. The lowest BCUT2D eigenvalue weighted by atomic mass is 10.0. The second kappa shape index (κ2) is 9.09. The number of methoxy groups -OCH3 is 2. The summed E-state index contributed by atoms with van der Waals surface area (Å²) in [6.07, 6.45) is -1.03. The monoisotopic (exact) mass is 474 g/mol. The van der Waals surface area contributed by atoms with Crippen molar-refractivity contribution in [2.75, 3.05) is 27.5 Å². The highest BCUT2D eigenvalue weighted by atomic mass is 35.5. The maximum atomic E-state index is 11.9. The number of hydrogen-bond donors (Lipinski definition) is 2. The van der Waals surface area contributed by atoms with Crippen molar-refractivity contribution in [1.29, 1.82) is 0 Å². The molecule has 0 aliphatic carbocycles. The molecular weight excluding hydrogens is 448 g/mol. The van der Waals surface area contributed by atoms with Crippen LogP contribution in [0.25, 0.3) is 0 Å². The maximum Gasteiger partial charge on any atom is 0.410 e. The standard InChI is InChI=1S/C23H27ClN4O5/c1-23(2)28(22(29)30)19(12-33-23)14-6-8-18(24)17(9-14)21-25-13-27(26-21)11-15-5-7-16(31-3)10-20(15)32-4/h5-10,19H,11-13H2,1-4H3,(H,25,26)(H,29,30). The smallest absolute Gasteiger partial charge is 0.410 e. The zero-order valence-corrected chi connectivity index (χ0v) is 19.7. The van der Waals surface area contributed by atoms with Crippen molar-refractivity contribution in [2.45, 2.75) is 32.2 Å². The minimum absolute atomic E-state index is 0.268. The first-order valence-electron chi connectivity index (χ1n) is 10.5. The quantitative estimate of drug-likeness (QED) is 0.656. The molecule has 1 fully saturated rings. The molecule has 1 unspecified atom stereocenters. The predicted molar refractivity (Wildman–Crippen MR) is 124 cm³/mol. The Labute approximate surface area is 197 Å². The number of ether oxygens (including phenoxy) is 3. The van der Waals surface area contributed by atoms with Crippen molar-refractivity contribution in [3.63, 3.8) is 0 Å². The topological polar surface area (TPSA) is 95.9 Å². The number of rotatable bonds is 6. The van der Waals surface area contributed by atoms with Crippen molar-refractivity contribution in [2.24, 2.45) is 4.99 Å². The zero-order valence-electron chi connectivity index (χ0n) is 19.0. The predicted octanol–water partition coefficient (Wildman–Crippen LogP) is 3.87. The third-order valence-electron chi connectivity index (χ3n) is 5.84. The van der Waals surface area contributed by atoms with E-state index in [-0.39, 0.29) is 6.61 Å². The Morgan fingerprint density at radius 2 is 2.06 bits per heavy atom. The van der Waals surface area contributed by atoms with E-state index in [1.807, 2.05) is 35.3 Å². The van der Waals surface area contributed by atoms with Crippen molar-refractivity contribution in [1.82, 2.24) is 15.3 Å². The van der Waals surface area contributed by atoms with Gasteiger partial charge in [-0.15, -0.1) is 0 Å². The fourth-order valence-electron chi connectivity index (χ4n) is 4.14. The SMILES string of the molecule is COc1ccc(CN2CN=C(c3cc(C4COC(C)(C)N4C(=O)O)ccc3Cl)N2)c(OC)c1. The fraction of sp³-hybridized carbons (Fsp3) is 0.391. The van der Waals surface area contributed by atoms with Crippen LogP contribution in [0, 0.1) is 0 Å². The van der Waals surface area contributed by atoms with Gasteiger partial charge in [-0.2, -0.15) is 5.01 Å². The summed E-state index contributed by atoms with van der Waals surface area (Å²) in [5.41, 5.74) is 4.86. The molecule has 0 aromatic heterocycles. The molecule has 2 aliphatic rings. The largest absolute Gasteiger partial charge is 0.497 e. The number of nitrogens with zero attached hydrogens (tertiary/aromatic N) is 3. The molecule has 0 saturated carbocycles. The first-order chi connectivity index (χ1) is 15.7. The molecule has 2 aromatic rings. The van der Waals surface area contributed by atoms with Crippen LogP contribution in [0.15, 0.2) is 41.4 Å². The molecule has 176 valence electrons. The number of hydrazine groups is 1. The van der Waals surface area contributed by atoms with Gasteiger partial charge in [-0.25, -0.2) is 9.79 Å². The Kier molecular flexibility index (Phi) is 6.38. The van der Waals surface area contributed by atoms with Gasteiger partial charge in [0.1, 0.15) is 29.7 Å². The second-order valence-electron chi connectivity index (χ2n) is 8.30. The van der Waals surface area contributed by atoms with E-state index in [2.05, 4.69) is 10.4 Å². The van der Waals surface area contributed by atoms with Crippen LogP contribution in [-0.4, -0.2) is 60.2 Å². The molecule has 9 nitrogen and oxygen atoms in total. The summed E-state index contributed by atoms with van der Waals surface area (Å²) in [6.45, 7) is 4.72. The van der Waals surface area contributed by atoms with Crippen LogP contribution in [-0.2, 0) is 11.3 Å². The number of benzene rings is 2. The normalized spacial score (nSPS) is 19.8. The molecule has 10 heteroatoms. The maximum absolute atomic E-state index is 11.9. The van der Waals surface area contributed by atoms with Gasteiger partial charge in [0.2, 0.25) is 0 Å². The highest BCUT2D eigenvalue weighted by Crippen LogP contribution is 2.38. The van der Waals surface area contributed by atoms with Gasteiger partial charge in [0.05, 0.1) is 31.9 Å². The van der Waals surface area contributed by atoms with E-state index in [0.717, 1.165) is 22.6 Å². The third kappa shape index (κ3) is 4.57. The third-order valence-corrected chi connectivity index (χ3v) is 6.17. The number of carboxylic acid groups (broad SMARTS) is 1. The Morgan fingerprint density at radius 1 is 1.27 bits per heavy atom. The van der Waals surface area contributed by atoms with Gasteiger partial charge < -0.3 is 24.7 Å². The number of nitrogens with one attached hydrogen (secondary N) is 1. The van der Waals surface area contributed by atoms with Crippen molar-refractivity contribution in [3.05, 3.63) is 58.1 Å². The van der Waals surface area contributed by atoms with Crippen LogP contribution in [0.1, 0.15) is 36.6 Å². The van der Waals surface area contributed by atoms with Gasteiger partial charge in [0, 0.05) is 23.7 Å². The van der Waals surface area contributed by atoms with Crippen LogP contribution < -0.4 is 14.9 Å². The van der Waals surface area contributed by atoms with Crippen LogP contribution >= 0.6 is 11.6 Å². The molecule has 2 aliphatic heterocycles. The minimum atomic E-state index is -1.03. The van der Waals surface area contributed by atoms with Crippen LogP contribution in [0.5, 0.6) is 11.5 Å². The first kappa shape index (κ1) is 23.2. The van der Waals surface area contributed by atoms with E-state index in [4.69, 9.17) is 25.8 Å². The van der Waals surface area contributed by atoms with Crippen LogP contribution in [0.4, 0.5) is 4.79 Å². The molecule has 2 aromatic carbocycles. The lowest BCUT2D eigenvalue weighted by molar-refractivity contribution is -0.0420. The van der Waals surface area contributed by atoms with Gasteiger partial charge in [-0.3, -0.25) is 4.90 Å². The fourth-order valence-corrected chi connectivity index (χ4v) is 4.35. The van der Waals surface area contributed by atoms with E-state index in [1.165, 1.54) is 4.90 Å². The van der Waals surface area contributed by atoms with E-state index in [0.29, 0.717) is 29.6 Å². The summed E-state index contributed by atoms with van der Waals surface area (Å²) in [6, 6.07) is 10.7. The summed E-state index contributed by atoms with van der Waals surface area (Å²) < 4.78 is 16.5. The number of amidine groups is 1. The number of hydrogen-bond acceptors (Lipinski definition) is 7. The molecule has 0 spiro atoms. The van der Waals surface area contributed by atoms with E-state index in [9.17, 15) is 9.90 Å². The van der Waals surface area contributed by atoms with Crippen molar-refractivity contribution >= 4 is 23.5 Å². The van der Waals surface area contributed by atoms with E-state index >= 15 is 0 Å². The molecule has 1 amide bonds. The van der Waals surface area contributed by atoms with Gasteiger partial charge in [-0.05, 0) is 37.6 Å². The van der Waals surface area contributed by atoms with Crippen molar-refractivity contribution < 1.29 is 24.1 Å². The molecule has 0 radical (unpaired) electrons. The second-order valence-corrected chi connectivity index (χ2v) is 8.71. The Morgan fingerprint density at radius 3 is 2.76 bits per heavy atom. The summed E-state index contributed by atoms with van der Waals surface area (Å²) in [4.78, 5) is 17.8. The minimum Gasteiger partial charge on any atom is -0.497 e. The van der Waals surface area contributed by atoms with Gasteiger partial charge in [0.25, 0.3) is 0 Å². The Bertz CT molecular complexity index is 1090. The molecular formula is C23H27ClN4O5. The summed E-state index contributed by atoms with van der Waals surface area (Å²) in [5, 5.41) is 12.2. The molecule has 0 bridgehead atoms. The summed E-state index contributed by atoms with van der Waals surface area (Å²) in [5.74, 6) is 2.07. The highest BCUT2D eigenvalue weighted by Gasteiger charge is 2.44. The molecule has 1 atom stereocenters. The summed E-state index contributed by atoms with van der Waals surface area (Å²) in [7, 11) is 3.24. The van der Waals surface area contributed by atoms with Gasteiger partial charge >= 0.3 is 6.09 Å². The lowest BCUT2D eigenvalue weighted by Crippen LogP contribution is -2.44. The van der Waals surface area contributed by atoms with Crippen LogP contribution in [0.3, 0.4) is 0 Å². The molecule has 1 saturated heterocycles. The van der Waals surface area contributed by atoms with Crippen LogP contribution in [0.2, 0.25) is 5.02 Å². The Balaban J connectivity index is 1.52. The van der Waals surface area contributed by atoms with E-state index in [1.54, 1.807) is 34.1 Å². The average Bonchev–Trinajstić information content (AvgIpc) is 3.37. The number of halogens is 1. The molecule has 2 heterocycles. The Hall–Kier alpha value is -3.01. The first-order valence-corrected chi connectivity index (χ1v) is 10.8. The number of amides is 1. The average molecular weight is 475 g/mol. The number of carbonyl (C=O) groups is 1. The molecule has 2 N–H and O–H groups in total. The summed E-state index contributed by atoms with van der Waals surface area (Å²) >= 11 is 6.49. The number of aliphatic imine (C=N–C) groups is 1. The van der Waals surface area contributed by atoms with Gasteiger partial charge in [0.15, 0.2) is 0 Å². The van der Waals surface area contributed by atoms with Gasteiger partial charge in [-0.1, -0.05) is 23.7 Å². The van der Waals surface area contributed by atoms with Crippen molar-refractivity contribution in [3.8, 4) is 11.5 Å². The zero-order chi connectivity index (χ0) is 23.8. The van der Waals surface area contributed by atoms with E-state index < -0.39 is 17.9 Å². The highest BCUT2D eigenvalue weighted by molar-refractivity contribution is 6.34. The molecule has 33 heavy (non-hydrogen) atoms. The molecule has 4 rings (SSSR count).